The SMILES string of the molecule is CCOC(=O)C(C/C=C(/C)CCC=C(C)C)C(=O)c1ccccc1O. The summed E-state index contributed by atoms with van der Waals surface area (Å²) in [5.41, 5.74) is 2.54. The molecule has 4 heteroatoms. The van der Waals surface area contributed by atoms with E-state index in [-0.39, 0.29) is 24.3 Å². The molecule has 0 aromatic heterocycles. The molecule has 1 aromatic carbocycles. The van der Waals surface area contributed by atoms with Crippen molar-refractivity contribution >= 4 is 11.8 Å². The second kappa shape index (κ2) is 10.5. The number of aromatic hydroxyl groups is 1. The van der Waals surface area contributed by atoms with Crippen molar-refractivity contribution < 1.29 is 19.4 Å². The van der Waals surface area contributed by atoms with Crippen molar-refractivity contribution in [3.63, 3.8) is 0 Å². The average Bonchev–Trinajstić information content (AvgIpc) is 2.55. The monoisotopic (exact) mass is 344 g/mol. The third kappa shape index (κ3) is 6.96. The minimum absolute atomic E-state index is 0.119. The maximum atomic E-state index is 12.7. The molecule has 0 aliphatic heterocycles. The van der Waals surface area contributed by atoms with E-state index in [2.05, 4.69) is 19.9 Å². The third-order valence-corrected chi connectivity index (χ3v) is 3.85. The average molecular weight is 344 g/mol. The lowest BCUT2D eigenvalue weighted by Gasteiger charge is -2.14. The zero-order valence-corrected chi connectivity index (χ0v) is 15.5. The minimum Gasteiger partial charge on any atom is -0.507 e. The smallest absolute Gasteiger partial charge is 0.317 e. The highest BCUT2D eigenvalue weighted by atomic mass is 16.5. The first-order valence-corrected chi connectivity index (χ1v) is 8.64. The number of rotatable bonds is 9. The number of para-hydroxylation sites is 1. The van der Waals surface area contributed by atoms with Gasteiger partial charge in [0.05, 0.1) is 12.2 Å². The standard InChI is InChI=1S/C21H28O4/c1-5-25-21(24)18(14-13-16(4)10-8-9-15(2)3)20(23)17-11-6-7-12-19(17)22/h6-7,9,11-13,18,22H,5,8,10,14H2,1-4H3/b16-13-. The van der Waals surface area contributed by atoms with Gasteiger partial charge in [-0.25, -0.2) is 0 Å². The van der Waals surface area contributed by atoms with Crippen LogP contribution < -0.4 is 0 Å². The van der Waals surface area contributed by atoms with Crippen molar-refractivity contribution in [2.24, 2.45) is 5.92 Å². The molecule has 0 heterocycles. The quantitative estimate of drug-likeness (QED) is 0.301. The fraction of sp³-hybridized carbons (Fsp3) is 0.429. The summed E-state index contributed by atoms with van der Waals surface area (Å²) in [7, 11) is 0. The summed E-state index contributed by atoms with van der Waals surface area (Å²) >= 11 is 0. The van der Waals surface area contributed by atoms with Gasteiger partial charge in [-0.3, -0.25) is 9.59 Å². The Morgan fingerprint density at radius 3 is 2.44 bits per heavy atom. The minimum atomic E-state index is -0.938. The lowest BCUT2D eigenvalue weighted by molar-refractivity contribution is -0.146. The van der Waals surface area contributed by atoms with Gasteiger partial charge in [-0.2, -0.15) is 0 Å². The van der Waals surface area contributed by atoms with E-state index in [9.17, 15) is 14.7 Å². The van der Waals surface area contributed by atoms with Crippen LogP contribution in [0.4, 0.5) is 0 Å². The molecule has 1 aromatic rings. The number of carbonyl (C=O) groups is 2. The Morgan fingerprint density at radius 1 is 1.16 bits per heavy atom. The number of ether oxygens (including phenoxy) is 1. The summed E-state index contributed by atoms with van der Waals surface area (Å²) < 4.78 is 5.05. The molecule has 0 saturated heterocycles. The summed E-state index contributed by atoms with van der Waals surface area (Å²) in [6, 6.07) is 6.26. The number of carbonyl (C=O) groups excluding carboxylic acids is 2. The summed E-state index contributed by atoms with van der Waals surface area (Å²) in [6.45, 7) is 8.03. The number of ketones is 1. The van der Waals surface area contributed by atoms with E-state index in [4.69, 9.17) is 4.74 Å². The van der Waals surface area contributed by atoms with Gasteiger partial charge < -0.3 is 9.84 Å². The Morgan fingerprint density at radius 2 is 1.84 bits per heavy atom. The molecule has 1 unspecified atom stereocenters. The molecule has 1 atom stereocenters. The topological polar surface area (TPSA) is 63.6 Å². The first-order valence-electron chi connectivity index (χ1n) is 8.64. The van der Waals surface area contributed by atoms with Crippen molar-refractivity contribution in [2.45, 2.75) is 47.0 Å². The van der Waals surface area contributed by atoms with E-state index >= 15 is 0 Å². The molecule has 0 spiro atoms. The van der Waals surface area contributed by atoms with Gasteiger partial charge in [-0.15, -0.1) is 0 Å². The normalized spacial score (nSPS) is 12.4. The Labute approximate surface area is 150 Å². The van der Waals surface area contributed by atoms with E-state index in [1.54, 1.807) is 19.1 Å². The van der Waals surface area contributed by atoms with Gasteiger partial charge in [-0.1, -0.05) is 35.4 Å². The fourth-order valence-electron chi connectivity index (χ4n) is 2.43. The highest BCUT2D eigenvalue weighted by Gasteiger charge is 2.29. The number of phenolic OH excluding ortho intramolecular Hbond substituents is 1. The van der Waals surface area contributed by atoms with Gasteiger partial charge in [0, 0.05) is 0 Å². The van der Waals surface area contributed by atoms with Crippen LogP contribution in [0.1, 0.15) is 57.3 Å². The molecule has 136 valence electrons. The van der Waals surface area contributed by atoms with Crippen LogP contribution in [-0.4, -0.2) is 23.5 Å². The summed E-state index contributed by atoms with van der Waals surface area (Å²) in [5, 5.41) is 9.89. The zero-order chi connectivity index (χ0) is 18.8. The van der Waals surface area contributed by atoms with Gasteiger partial charge in [0.25, 0.3) is 0 Å². The van der Waals surface area contributed by atoms with E-state index in [0.29, 0.717) is 0 Å². The van der Waals surface area contributed by atoms with Crippen LogP contribution in [0, 0.1) is 5.92 Å². The molecule has 1 N–H and O–H groups in total. The van der Waals surface area contributed by atoms with Crippen LogP contribution in [-0.2, 0) is 9.53 Å². The Balaban J connectivity index is 2.90. The first kappa shape index (κ1) is 20.7. The maximum absolute atomic E-state index is 12.7. The van der Waals surface area contributed by atoms with Crippen LogP contribution in [0.2, 0.25) is 0 Å². The van der Waals surface area contributed by atoms with Crippen LogP contribution in [0.25, 0.3) is 0 Å². The summed E-state index contributed by atoms with van der Waals surface area (Å²) in [4.78, 5) is 24.9. The number of esters is 1. The van der Waals surface area contributed by atoms with Crippen LogP contribution in [0.15, 0.2) is 47.6 Å². The molecule has 0 amide bonds. The highest BCUT2D eigenvalue weighted by molar-refractivity contribution is 6.10. The highest BCUT2D eigenvalue weighted by Crippen LogP contribution is 2.23. The predicted molar refractivity (Wildman–Crippen MR) is 99.6 cm³/mol. The number of phenols is 1. The zero-order valence-electron chi connectivity index (χ0n) is 15.5. The van der Waals surface area contributed by atoms with Gasteiger partial charge in [-0.05, 0) is 59.1 Å². The lowest BCUT2D eigenvalue weighted by Crippen LogP contribution is -2.26. The molecular weight excluding hydrogens is 316 g/mol. The first-order chi connectivity index (χ1) is 11.9. The van der Waals surface area contributed by atoms with Crippen molar-refractivity contribution in [1.82, 2.24) is 0 Å². The largest absolute Gasteiger partial charge is 0.507 e. The summed E-state index contributed by atoms with van der Waals surface area (Å²) in [6.07, 6.45) is 6.16. The second-order valence-electron chi connectivity index (χ2n) is 6.29. The van der Waals surface area contributed by atoms with Crippen molar-refractivity contribution in [3.05, 3.63) is 53.1 Å². The van der Waals surface area contributed by atoms with Gasteiger partial charge >= 0.3 is 5.97 Å². The Kier molecular flexibility index (Phi) is 8.68. The predicted octanol–water partition coefficient (Wildman–Crippen LogP) is 4.84. The number of Topliss-reactive ketones (excluding diaryl/α,β-unsaturated/α-hetero) is 1. The molecule has 0 bridgehead atoms. The number of allylic oxidation sites excluding steroid dienone is 4. The van der Waals surface area contributed by atoms with Crippen LogP contribution in [0.3, 0.4) is 0 Å². The molecule has 0 saturated carbocycles. The molecule has 1 rings (SSSR count). The molecule has 0 aliphatic carbocycles. The van der Waals surface area contributed by atoms with Crippen LogP contribution in [0.5, 0.6) is 5.75 Å². The molecule has 4 nitrogen and oxygen atoms in total. The van der Waals surface area contributed by atoms with E-state index < -0.39 is 17.7 Å². The Hall–Kier alpha value is -2.36. The van der Waals surface area contributed by atoms with Gasteiger partial charge in [0.1, 0.15) is 11.7 Å². The maximum Gasteiger partial charge on any atom is 0.317 e. The van der Waals surface area contributed by atoms with Crippen LogP contribution >= 0.6 is 0 Å². The van der Waals surface area contributed by atoms with Gasteiger partial charge in [0.15, 0.2) is 5.78 Å². The number of hydrogen-bond donors (Lipinski definition) is 1. The Bertz CT molecular complexity index is 652. The molecule has 0 fully saturated rings. The number of hydrogen-bond acceptors (Lipinski definition) is 4. The molecule has 25 heavy (non-hydrogen) atoms. The lowest BCUT2D eigenvalue weighted by atomic mass is 9.92. The molecular formula is C21H28O4. The van der Waals surface area contributed by atoms with Crippen molar-refractivity contribution in [1.29, 1.82) is 0 Å². The van der Waals surface area contributed by atoms with E-state index in [1.165, 1.54) is 17.7 Å². The second-order valence-corrected chi connectivity index (χ2v) is 6.29. The van der Waals surface area contributed by atoms with Gasteiger partial charge in [0.2, 0.25) is 0 Å². The number of benzene rings is 1. The third-order valence-electron chi connectivity index (χ3n) is 3.85. The van der Waals surface area contributed by atoms with Crippen molar-refractivity contribution in [2.75, 3.05) is 6.61 Å². The summed E-state index contributed by atoms with van der Waals surface area (Å²) in [5.74, 6) is -2.02. The van der Waals surface area contributed by atoms with E-state index in [0.717, 1.165) is 18.4 Å². The molecule has 0 aliphatic rings. The van der Waals surface area contributed by atoms with Crippen molar-refractivity contribution in [3.8, 4) is 5.75 Å². The fourth-order valence-corrected chi connectivity index (χ4v) is 2.43. The van der Waals surface area contributed by atoms with E-state index in [1.807, 2.05) is 13.0 Å². The molecule has 0 radical (unpaired) electrons.